The topological polar surface area (TPSA) is 70.2 Å². The van der Waals surface area contributed by atoms with Gasteiger partial charge in [-0.1, -0.05) is 0 Å². The third-order valence-electron chi connectivity index (χ3n) is 5.27. The van der Waals surface area contributed by atoms with E-state index in [1.165, 1.54) is 12.1 Å². The van der Waals surface area contributed by atoms with E-state index < -0.39 is 17.0 Å². The van der Waals surface area contributed by atoms with E-state index in [4.69, 9.17) is 4.74 Å². The molecule has 0 spiro atoms. The van der Waals surface area contributed by atoms with Crippen molar-refractivity contribution in [1.82, 2.24) is 9.80 Å². The number of rotatable bonds is 4. The largest absolute Gasteiger partial charge is 0.378 e. The molecule has 0 atom stereocenters. The van der Waals surface area contributed by atoms with Gasteiger partial charge in [0.25, 0.3) is 11.1 Å². The number of ether oxygens (including phenoxy) is 1. The van der Waals surface area contributed by atoms with Crippen LogP contribution in [0.5, 0.6) is 0 Å². The van der Waals surface area contributed by atoms with Crippen molar-refractivity contribution in [2.75, 3.05) is 50.8 Å². The number of benzene rings is 1. The highest BCUT2D eigenvalue weighted by atomic mass is 32.2. The Morgan fingerprint density at radius 2 is 1.86 bits per heavy atom. The van der Waals surface area contributed by atoms with Crippen molar-refractivity contribution in [3.8, 4) is 0 Å². The number of carbonyl (C=O) groups is 3. The van der Waals surface area contributed by atoms with Crippen molar-refractivity contribution in [3.63, 3.8) is 0 Å². The number of halogens is 1. The minimum atomic E-state index is -0.565. The smallest absolute Gasteiger partial charge is 0.294 e. The molecule has 3 aliphatic heterocycles. The summed E-state index contributed by atoms with van der Waals surface area (Å²) in [6.45, 7) is 3.29. The maximum Gasteiger partial charge on any atom is 0.294 e. The van der Waals surface area contributed by atoms with Crippen LogP contribution in [0, 0.1) is 5.82 Å². The van der Waals surface area contributed by atoms with Gasteiger partial charge in [0, 0.05) is 37.4 Å². The molecular formula is C20H22FN3O4S. The summed E-state index contributed by atoms with van der Waals surface area (Å²) >= 11 is 0.730. The van der Waals surface area contributed by atoms with Crippen LogP contribution in [0.15, 0.2) is 23.1 Å². The zero-order chi connectivity index (χ0) is 20.4. The molecular weight excluding hydrogens is 397 g/mol. The quantitative estimate of drug-likeness (QED) is 0.698. The van der Waals surface area contributed by atoms with E-state index in [-0.39, 0.29) is 22.9 Å². The fourth-order valence-corrected chi connectivity index (χ4v) is 4.46. The van der Waals surface area contributed by atoms with E-state index in [1.54, 1.807) is 11.0 Å². The highest BCUT2D eigenvalue weighted by molar-refractivity contribution is 8.18. The Balaban J connectivity index is 1.46. The van der Waals surface area contributed by atoms with Crippen molar-refractivity contribution >= 4 is 40.6 Å². The minimum absolute atomic E-state index is 0.123. The average Bonchev–Trinajstić information content (AvgIpc) is 3.35. The van der Waals surface area contributed by atoms with Gasteiger partial charge >= 0.3 is 0 Å². The molecule has 3 aliphatic rings. The molecule has 0 saturated carbocycles. The van der Waals surface area contributed by atoms with Crippen molar-refractivity contribution in [3.05, 3.63) is 34.5 Å². The van der Waals surface area contributed by atoms with Crippen LogP contribution in [0.4, 0.5) is 14.9 Å². The van der Waals surface area contributed by atoms with E-state index >= 15 is 0 Å². The monoisotopic (exact) mass is 419 g/mol. The van der Waals surface area contributed by atoms with Gasteiger partial charge in [0.05, 0.1) is 18.1 Å². The highest BCUT2D eigenvalue weighted by Crippen LogP contribution is 2.33. The maximum atomic E-state index is 14.6. The lowest BCUT2D eigenvalue weighted by Crippen LogP contribution is -2.46. The Kier molecular flexibility index (Phi) is 5.86. The van der Waals surface area contributed by atoms with Crippen LogP contribution >= 0.6 is 11.8 Å². The Labute approximate surface area is 172 Å². The van der Waals surface area contributed by atoms with Gasteiger partial charge in [-0.15, -0.1) is 0 Å². The average molecular weight is 419 g/mol. The first-order valence-electron chi connectivity index (χ1n) is 9.68. The molecule has 9 heteroatoms. The molecule has 0 N–H and O–H groups in total. The summed E-state index contributed by atoms with van der Waals surface area (Å²) in [7, 11) is 0. The predicted octanol–water partition coefficient (Wildman–Crippen LogP) is 2.32. The number of hydrogen-bond donors (Lipinski definition) is 0. The molecule has 154 valence electrons. The number of hydrogen-bond acceptors (Lipinski definition) is 6. The Bertz CT molecular complexity index is 863. The van der Waals surface area contributed by atoms with Crippen LogP contribution in [0.25, 0.3) is 6.08 Å². The summed E-state index contributed by atoms with van der Waals surface area (Å²) in [6, 6.07) is 4.91. The molecule has 7 nitrogen and oxygen atoms in total. The molecule has 0 unspecified atom stereocenters. The summed E-state index contributed by atoms with van der Waals surface area (Å²) in [4.78, 5) is 42.0. The van der Waals surface area contributed by atoms with Gasteiger partial charge < -0.3 is 14.5 Å². The van der Waals surface area contributed by atoms with E-state index in [2.05, 4.69) is 4.90 Å². The summed E-state index contributed by atoms with van der Waals surface area (Å²) in [5, 5.41) is -0.517. The summed E-state index contributed by atoms with van der Waals surface area (Å²) in [5.74, 6) is -1.30. The highest BCUT2D eigenvalue weighted by Gasteiger charge is 2.37. The normalized spacial score (nSPS) is 21.6. The minimum Gasteiger partial charge on any atom is -0.378 e. The lowest BCUT2D eigenvalue weighted by atomic mass is 10.1. The van der Waals surface area contributed by atoms with Crippen LogP contribution in [0.1, 0.15) is 18.4 Å². The summed E-state index contributed by atoms with van der Waals surface area (Å²) in [5.41, 5.74) is 1.07. The second-order valence-corrected chi connectivity index (χ2v) is 8.15. The fraction of sp³-hybridized carbons (Fsp3) is 0.450. The van der Waals surface area contributed by atoms with E-state index in [1.807, 2.05) is 6.07 Å². The first-order chi connectivity index (χ1) is 14.0. The Morgan fingerprint density at radius 3 is 2.55 bits per heavy atom. The van der Waals surface area contributed by atoms with Crippen LogP contribution < -0.4 is 4.90 Å². The third kappa shape index (κ3) is 4.30. The van der Waals surface area contributed by atoms with Crippen molar-refractivity contribution in [1.29, 1.82) is 0 Å². The summed E-state index contributed by atoms with van der Waals surface area (Å²) < 4.78 is 19.8. The first-order valence-corrected chi connectivity index (χ1v) is 10.5. The fourth-order valence-electron chi connectivity index (χ4n) is 3.63. The van der Waals surface area contributed by atoms with Crippen molar-refractivity contribution in [2.45, 2.75) is 12.8 Å². The second kappa shape index (κ2) is 8.54. The standard InChI is InChI=1S/C20H22FN3O4S/c21-16-12-15(22-5-1-2-6-22)4-3-14(16)11-17-19(26)24(20(27)29-17)13-18(25)23-7-9-28-10-8-23/h3-4,11-12H,1-2,5-10,13H2/b17-11-. The number of nitrogens with zero attached hydrogens (tertiary/aromatic N) is 3. The molecule has 0 radical (unpaired) electrons. The maximum absolute atomic E-state index is 14.6. The predicted molar refractivity (Wildman–Crippen MR) is 108 cm³/mol. The van der Waals surface area contributed by atoms with Gasteiger partial charge in [0.1, 0.15) is 12.4 Å². The zero-order valence-electron chi connectivity index (χ0n) is 15.9. The van der Waals surface area contributed by atoms with E-state index in [0.717, 1.165) is 48.3 Å². The number of thioether (sulfide) groups is 1. The van der Waals surface area contributed by atoms with Gasteiger partial charge in [-0.05, 0) is 48.9 Å². The SMILES string of the molecule is O=C(CN1C(=O)S/C(=C\c2ccc(N3CCCC3)cc2F)C1=O)N1CCOCC1. The van der Waals surface area contributed by atoms with Crippen LogP contribution in [0.3, 0.4) is 0 Å². The number of carbonyl (C=O) groups excluding carboxylic acids is 3. The molecule has 1 aromatic carbocycles. The molecule has 3 fully saturated rings. The van der Waals surface area contributed by atoms with E-state index in [9.17, 15) is 18.8 Å². The third-order valence-corrected chi connectivity index (χ3v) is 6.18. The van der Waals surface area contributed by atoms with Gasteiger partial charge in [-0.25, -0.2) is 4.39 Å². The number of anilines is 1. The Hall–Kier alpha value is -2.39. The van der Waals surface area contributed by atoms with E-state index in [0.29, 0.717) is 26.3 Å². The number of morpholine rings is 1. The number of amides is 3. The van der Waals surface area contributed by atoms with Gasteiger partial charge in [0.2, 0.25) is 5.91 Å². The molecule has 0 bridgehead atoms. The van der Waals surface area contributed by atoms with Crippen molar-refractivity contribution in [2.24, 2.45) is 0 Å². The van der Waals surface area contributed by atoms with Gasteiger partial charge in [0.15, 0.2) is 0 Å². The molecule has 0 aliphatic carbocycles. The molecule has 3 saturated heterocycles. The molecule has 3 heterocycles. The molecule has 1 aromatic rings. The molecule has 29 heavy (non-hydrogen) atoms. The van der Waals surface area contributed by atoms with Gasteiger partial charge in [-0.2, -0.15) is 0 Å². The lowest BCUT2D eigenvalue weighted by Gasteiger charge is -2.28. The Morgan fingerprint density at radius 1 is 1.14 bits per heavy atom. The zero-order valence-corrected chi connectivity index (χ0v) is 16.8. The van der Waals surface area contributed by atoms with Gasteiger partial charge in [-0.3, -0.25) is 19.3 Å². The van der Waals surface area contributed by atoms with Crippen LogP contribution in [-0.4, -0.2) is 72.8 Å². The number of imide groups is 1. The summed E-state index contributed by atoms with van der Waals surface area (Å²) in [6.07, 6.45) is 3.58. The molecule has 4 rings (SSSR count). The van der Waals surface area contributed by atoms with Crippen molar-refractivity contribution < 1.29 is 23.5 Å². The van der Waals surface area contributed by atoms with Crippen LogP contribution in [0.2, 0.25) is 0 Å². The second-order valence-electron chi connectivity index (χ2n) is 7.16. The van der Waals surface area contributed by atoms with Crippen LogP contribution in [-0.2, 0) is 14.3 Å². The lowest BCUT2D eigenvalue weighted by molar-refractivity contribution is -0.139. The first kappa shape index (κ1) is 19.9. The molecule has 3 amide bonds. The molecule has 0 aromatic heterocycles.